The van der Waals surface area contributed by atoms with Crippen molar-refractivity contribution < 1.29 is 0 Å². The van der Waals surface area contributed by atoms with E-state index >= 15 is 0 Å². The minimum Gasteiger partial charge on any atom is -0.332 e. The standard InChI is InChI=1S/C31H60N2/c1-5-8-10-11-12-13-14-15-16-17-18-19-20-21-22-23-26-30(25-9-6-2)31-32-27-28-33(31)29(4)24-7-3/h27-30H,5-26H2,1-4H3. The van der Waals surface area contributed by atoms with Crippen molar-refractivity contribution in [2.75, 3.05) is 0 Å². The summed E-state index contributed by atoms with van der Waals surface area (Å²) in [6, 6.07) is 0.586. The van der Waals surface area contributed by atoms with Crippen LogP contribution in [-0.4, -0.2) is 9.55 Å². The van der Waals surface area contributed by atoms with E-state index in [4.69, 9.17) is 4.98 Å². The summed E-state index contributed by atoms with van der Waals surface area (Å²) >= 11 is 0. The molecule has 0 saturated carbocycles. The molecule has 0 fully saturated rings. The molecule has 0 spiro atoms. The van der Waals surface area contributed by atoms with Gasteiger partial charge in [0.2, 0.25) is 0 Å². The van der Waals surface area contributed by atoms with Crippen LogP contribution in [0.5, 0.6) is 0 Å². The zero-order valence-corrected chi connectivity index (χ0v) is 23.3. The van der Waals surface area contributed by atoms with Crippen LogP contribution < -0.4 is 0 Å². The van der Waals surface area contributed by atoms with Crippen molar-refractivity contribution in [3.8, 4) is 0 Å². The highest BCUT2D eigenvalue weighted by Gasteiger charge is 2.18. The summed E-state index contributed by atoms with van der Waals surface area (Å²) in [4.78, 5) is 4.83. The van der Waals surface area contributed by atoms with E-state index in [0.29, 0.717) is 12.0 Å². The fraction of sp³-hybridized carbons (Fsp3) is 0.903. The van der Waals surface area contributed by atoms with Gasteiger partial charge in [-0.1, -0.05) is 143 Å². The van der Waals surface area contributed by atoms with Gasteiger partial charge in [0.25, 0.3) is 0 Å². The van der Waals surface area contributed by atoms with Gasteiger partial charge in [0.05, 0.1) is 0 Å². The van der Waals surface area contributed by atoms with Crippen LogP contribution >= 0.6 is 0 Å². The molecule has 1 aromatic rings. The van der Waals surface area contributed by atoms with Gasteiger partial charge in [0, 0.05) is 24.4 Å². The Bertz CT molecular complexity index is 521. The van der Waals surface area contributed by atoms with E-state index in [2.05, 4.69) is 38.5 Å². The molecule has 0 amide bonds. The van der Waals surface area contributed by atoms with Crippen molar-refractivity contribution in [2.45, 2.75) is 181 Å². The van der Waals surface area contributed by atoms with Crippen molar-refractivity contribution in [3.63, 3.8) is 0 Å². The minimum atomic E-state index is 0.586. The normalized spacial score (nSPS) is 13.5. The number of hydrogen-bond donors (Lipinski definition) is 0. The molecule has 2 unspecified atom stereocenters. The van der Waals surface area contributed by atoms with Gasteiger partial charge in [-0.3, -0.25) is 0 Å². The lowest BCUT2D eigenvalue weighted by Gasteiger charge is -2.22. The molecule has 0 aliphatic carbocycles. The Labute approximate surface area is 208 Å². The van der Waals surface area contributed by atoms with Crippen LogP contribution in [0.15, 0.2) is 12.4 Å². The summed E-state index contributed by atoms with van der Waals surface area (Å²) in [6.07, 6.45) is 35.1. The number of imidazole rings is 1. The summed E-state index contributed by atoms with van der Waals surface area (Å²) in [5, 5.41) is 0. The summed E-state index contributed by atoms with van der Waals surface area (Å²) < 4.78 is 2.48. The van der Waals surface area contributed by atoms with E-state index < -0.39 is 0 Å². The highest BCUT2D eigenvalue weighted by atomic mass is 15.1. The lowest BCUT2D eigenvalue weighted by atomic mass is 9.93. The Kier molecular flexibility index (Phi) is 19.9. The largest absolute Gasteiger partial charge is 0.332 e. The Balaban J connectivity index is 2.09. The van der Waals surface area contributed by atoms with Crippen LogP contribution in [-0.2, 0) is 0 Å². The van der Waals surface area contributed by atoms with Gasteiger partial charge in [0.1, 0.15) is 5.82 Å². The summed E-state index contributed by atoms with van der Waals surface area (Å²) in [5.41, 5.74) is 0. The Hall–Kier alpha value is -0.790. The summed E-state index contributed by atoms with van der Waals surface area (Å²) in [7, 11) is 0. The predicted octanol–water partition coefficient (Wildman–Crippen LogP) is 11.2. The molecule has 0 aliphatic rings. The monoisotopic (exact) mass is 460 g/mol. The van der Waals surface area contributed by atoms with E-state index in [0.717, 1.165) is 0 Å². The van der Waals surface area contributed by atoms with Crippen LogP contribution in [0, 0.1) is 0 Å². The topological polar surface area (TPSA) is 17.8 Å². The van der Waals surface area contributed by atoms with Gasteiger partial charge in [-0.25, -0.2) is 4.98 Å². The Morgan fingerprint density at radius 2 is 1.03 bits per heavy atom. The maximum Gasteiger partial charge on any atom is 0.111 e. The number of nitrogens with zero attached hydrogens (tertiary/aromatic N) is 2. The molecule has 0 saturated heterocycles. The maximum atomic E-state index is 4.83. The summed E-state index contributed by atoms with van der Waals surface area (Å²) in [5.74, 6) is 2.02. The molecule has 0 N–H and O–H groups in total. The van der Waals surface area contributed by atoms with Gasteiger partial charge < -0.3 is 4.57 Å². The van der Waals surface area contributed by atoms with Gasteiger partial charge in [0.15, 0.2) is 0 Å². The fourth-order valence-corrected chi connectivity index (χ4v) is 5.36. The molecule has 194 valence electrons. The van der Waals surface area contributed by atoms with Gasteiger partial charge in [-0.05, 0) is 26.2 Å². The second-order valence-corrected chi connectivity index (χ2v) is 10.8. The molecular weight excluding hydrogens is 400 g/mol. The minimum absolute atomic E-state index is 0.586. The molecule has 2 nitrogen and oxygen atoms in total. The SMILES string of the molecule is CCCCCCCCCCCCCCCCCCC(CCCC)c1nccn1C(C)CCC. The number of rotatable bonds is 24. The van der Waals surface area contributed by atoms with Crippen LogP contribution in [0.1, 0.15) is 187 Å². The van der Waals surface area contributed by atoms with Crippen LogP contribution in [0.2, 0.25) is 0 Å². The first-order chi connectivity index (χ1) is 16.2. The van der Waals surface area contributed by atoms with Crippen molar-refractivity contribution in [1.29, 1.82) is 0 Å². The molecule has 0 radical (unpaired) electrons. The number of hydrogen-bond acceptors (Lipinski definition) is 1. The van der Waals surface area contributed by atoms with E-state index in [-0.39, 0.29) is 0 Å². The zero-order chi connectivity index (χ0) is 24.0. The molecule has 2 atom stereocenters. The van der Waals surface area contributed by atoms with Gasteiger partial charge >= 0.3 is 0 Å². The zero-order valence-electron chi connectivity index (χ0n) is 23.3. The highest BCUT2D eigenvalue weighted by molar-refractivity contribution is 5.02. The molecule has 0 bridgehead atoms. The molecule has 1 heterocycles. The quantitative estimate of drug-likeness (QED) is 0.140. The van der Waals surface area contributed by atoms with Crippen LogP contribution in [0.4, 0.5) is 0 Å². The molecule has 1 rings (SSSR count). The van der Waals surface area contributed by atoms with E-state index in [1.165, 1.54) is 147 Å². The first-order valence-corrected chi connectivity index (χ1v) is 15.3. The Morgan fingerprint density at radius 3 is 1.52 bits per heavy atom. The fourth-order valence-electron chi connectivity index (χ4n) is 5.36. The van der Waals surface area contributed by atoms with Crippen molar-refractivity contribution >= 4 is 0 Å². The van der Waals surface area contributed by atoms with Crippen molar-refractivity contribution in [3.05, 3.63) is 18.2 Å². The van der Waals surface area contributed by atoms with E-state index in [9.17, 15) is 0 Å². The first-order valence-electron chi connectivity index (χ1n) is 15.3. The van der Waals surface area contributed by atoms with Gasteiger partial charge in [-0.15, -0.1) is 0 Å². The second-order valence-electron chi connectivity index (χ2n) is 10.8. The third-order valence-corrected chi connectivity index (χ3v) is 7.56. The predicted molar refractivity (Wildman–Crippen MR) is 148 cm³/mol. The van der Waals surface area contributed by atoms with Crippen LogP contribution in [0.25, 0.3) is 0 Å². The molecule has 1 aromatic heterocycles. The summed E-state index contributed by atoms with van der Waals surface area (Å²) in [6.45, 7) is 9.27. The highest BCUT2D eigenvalue weighted by Crippen LogP contribution is 2.30. The third-order valence-electron chi connectivity index (χ3n) is 7.56. The second kappa shape index (κ2) is 21.7. The maximum absolute atomic E-state index is 4.83. The number of unbranched alkanes of at least 4 members (excludes halogenated alkanes) is 16. The lowest BCUT2D eigenvalue weighted by Crippen LogP contribution is -2.13. The molecular formula is C31H60N2. The van der Waals surface area contributed by atoms with E-state index in [1.807, 2.05) is 6.20 Å². The van der Waals surface area contributed by atoms with E-state index in [1.54, 1.807) is 0 Å². The molecule has 0 aromatic carbocycles. The molecule has 2 heteroatoms. The van der Waals surface area contributed by atoms with Crippen molar-refractivity contribution in [2.24, 2.45) is 0 Å². The van der Waals surface area contributed by atoms with Gasteiger partial charge in [-0.2, -0.15) is 0 Å². The lowest BCUT2D eigenvalue weighted by molar-refractivity contribution is 0.426. The average molecular weight is 461 g/mol. The van der Waals surface area contributed by atoms with Crippen molar-refractivity contribution in [1.82, 2.24) is 9.55 Å². The third kappa shape index (κ3) is 14.9. The van der Waals surface area contributed by atoms with Crippen LogP contribution in [0.3, 0.4) is 0 Å². The number of aromatic nitrogens is 2. The average Bonchev–Trinajstić information content (AvgIpc) is 3.31. The molecule has 0 aliphatic heterocycles. The first kappa shape index (κ1) is 30.2. The Morgan fingerprint density at radius 1 is 0.576 bits per heavy atom. The molecule has 33 heavy (non-hydrogen) atoms. The smallest absolute Gasteiger partial charge is 0.111 e.